The number of thioether (sulfide) groups is 1. The Labute approximate surface area is 177 Å². The number of nitrogens with one attached hydrogen (secondary N) is 1. The smallest absolute Gasteiger partial charge is 0.240 e. The zero-order valence-corrected chi connectivity index (χ0v) is 18.7. The first-order valence-corrected chi connectivity index (χ1v) is 12.3. The summed E-state index contributed by atoms with van der Waals surface area (Å²) >= 11 is 10.9. The van der Waals surface area contributed by atoms with Crippen molar-refractivity contribution in [2.45, 2.75) is 5.75 Å². The van der Waals surface area contributed by atoms with Crippen molar-refractivity contribution in [3.8, 4) is 0 Å². The molecule has 9 heteroatoms. The first-order chi connectivity index (χ1) is 12.8. The summed E-state index contributed by atoms with van der Waals surface area (Å²) in [5.74, 6) is 1.20. The van der Waals surface area contributed by atoms with Crippen LogP contribution < -0.4 is 9.62 Å². The Kier molecular flexibility index (Phi) is 8.47. The van der Waals surface area contributed by atoms with E-state index in [0.717, 1.165) is 27.6 Å². The fourth-order valence-corrected chi connectivity index (χ4v) is 4.68. The Bertz CT molecular complexity index is 876. The number of anilines is 1. The van der Waals surface area contributed by atoms with Crippen LogP contribution in [0.3, 0.4) is 0 Å². The summed E-state index contributed by atoms with van der Waals surface area (Å²) < 4.78 is 25.9. The van der Waals surface area contributed by atoms with Gasteiger partial charge in [-0.05, 0) is 45.8 Å². The minimum absolute atomic E-state index is 0.261. The maximum absolute atomic E-state index is 12.2. The quantitative estimate of drug-likeness (QED) is 0.540. The molecular formula is C18H20BrClN2O3S2. The van der Waals surface area contributed by atoms with Crippen molar-refractivity contribution in [1.82, 2.24) is 5.32 Å². The molecule has 2 aromatic carbocycles. The fraction of sp³-hybridized carbons (Fsp3) is 0.278. The number of amides is 1. The van der Waals surface area contributed by atoms with Crippen molar-refractivity contribution < 1.29 is 13.2 Å². The van der Waals surface area contributed by atoms with Gasteiger partial charge in [-0.25, -0.2) is 8.42 Å². The van der Waals surface area contributed by atoms with Gasteiger partial charge in [0.15, 0.2) is 0 Å². The van der Waals surface area contributed by atoms with Crippen LogP contribution >= 0.6 is 39.3 Å². The third-order valence-electron chi connectivity index (χ3n) is 3.56. The largest absolute Gasteiger partial charge is 0.354 e. The second kappa shape index (κ2) is 10.4. The van der Waals surface area contributed by atoms with Crippen LogP contribution in [0.2, 0.25) is 5.02 Å². The van der Waals surface area contributed by atoms with Crippen molar-refractivity contribution in [3.05, 3.63) is 63.6 Å². The summed E-state index contributed by atoms with van der Waals surface area (Å²) in [6, 6.07) is 14.5. The molecule has 2 rings (SSSR count). The monoisotopic (exact) mass is 490 g/mol. The van der Waals surface area contributed by atoms with Gasteiger partial charge in [0.05, 0.1) is 11.9 Å². The summed E-state index contributed by atoms with van der Waals surface area (Å²) in [6.07, 6.45) is 1.09. The number of benzene rings is 2. The van der Waals surface area contributed by atoms with Gasteiger partial charge in [-0.1, -0.05) is 35.9 Å². The molecule has 2 aromatic rings. The van der Waals surface area contributed by atoms with E-state index in [9.17, 15) is 13.2 Å². The Morgan fingerprint density at radius 2 is 1.85 bits per heavy atom. The number of carbonyl (C=O) groups excluding carboxylic acids is 1. The molecule has 0 aliphatic heterocycles. The standard InChI is InChI=1S/C18H20BrClN2O3S2/c1-27(24,25)22(17-5-3-2-4-16(17)19)12-18(23)21-10-11-26-13-14-6-8-15(20)9-7-14/h2-9H,10-13H2,1H3,(H,21,23). The molecule has 0 radical (unpaired) electrons. The molecule has 0 saturated heterocycles. The minimum Gasteiger partial charge on any atom is -0.354 e. The zero-order chi connectivity index (χ0) is 19.9. The number of rotatable bonds is 9. The Morgan fingerprint density at radius 1 is 1.19 bits per heavy atom. The Morgan fingerprint density at radius 3 is 2.48 bits per heavy atom. The lowest BCUT2D eigenvalue weighted by Crippen LogP contribution is -2.41. The third-order valence-corrected chi connectivity index (χ3v) is 6.64. The number of hydrogen-bond acceptors (Lipinski definition) is 4. The molecule has 0 bridgehead atoms. The molecular weight excluding hydrogens is 472 g/mol. The van der Waals surface area contributed by atoms with Gasteiger partial charge in [0.2, 0.25) is 15.9 Å². The highest BCUT2D eigenvalue weighted by Gasteiger charge is 2.22. The van der Waals surface area contributed by atoms with Gasteiger partial charge in [-0.2, -0.15) is 11.8 Å². The number of hydrogen-bond donors (Lipinski definition) is 1. The summed E-state index contributed by atoms with van der Waals surface area (Å²) in [5, 5.41) is 3.47. The number of para-hydroxylation sites is 1. The van der Waals surface area contributed by atoms with E-state index in [1.807, 2.05) is 24.3 Å². The molecule has 1 amide bonds. The molecule has 27 heavy (non-hydrogen) atoms. The molecule has 0 aliphatic rings. The molecule has 0 heterocycles. The lowest BCUT2D eigenvalue weighted by Gasteiger charge is -2.23. The van der Waals surface area contributed by atoms with Crippen molar-refractivity contribution in [3.63, 3.8) is 0 Å². The van der Waals surface area contributed by atoms with Crippen molar-refractivity contribution >= 4 is 60.9 Å². The Hall–Kier alpha value is -1.22. The summed E-state index contributed by atoms with van der Waals surface area (Å²) in [7, 11) is -3.58. The van der Waals surface area contributed by atoms with E-state index >= 15 is 0 Å². The molecule has 0 saturated carbocycles. The fourth-order valence-electron chi connectivity index (χ4n) is 2.25. The van der Waals surface area contributed by atoms with Crippen molar-refractivity contribution in [2.75, 3.05) is 29.4 Å². The van der Waals surface area contributed by atoms with Crippen molar-refractivity contribution in [1.29, 1.82) is 0 Å². The maximum atomic E-state index is 12.2. The Balaban J connectivity index is 1.82. The minimum atomic E-state index is -3.58. The average Bonchev–Trinajstić information content (AvgIpc) is 2.61. The molecule has 0 atom stereocenters. The summed E-state index contributed by atoms with van der Waals surface area (Å²) in [5.41, 5.74) is 1.60. The van der Waals surface area contributed by atoms with Gasteiger partial charge in [-0.15, -0.1) is 0 Å². The van der Waals surface area contributed by atoms with E-state index in [4.69, 9.17) is 11.6 Å². The van der Waals surface area contributed by atoms with Crippen molar-refractivity contribution in [2.24, 2.45) is 0 Å². The molecule has 5 nitrogen and oxygen atoms in total. The number of carbonyl (C=O) groups is 1. The molecule has 0 aliphatic carbocycles. The topological polar surface area (TPSA) is 66.5 Å². The predicted molar refractivity (Wildman–Crippen MR) is 117 cm³/mol. The van der Waals surface area contributed by atoms with E-state index in [0.29, 0.717) is 21.7 Å². The third kappa shape index (κ3) is 7.37. The van der Waals surface area contributed by atoms with Crippen LogP contribution in [0.5, 0.6) is 0 Å². The van der Waals surface area contributed by atoms with Gasteiger partial charge in [0.1, 0.15) is 6.54 Å². The highest BCUT2D eigenvalue weighted by Crippen LogP contribution is 2.27. The SMILES string of the molecule is CS(=O)(=O)N(CC(=O)NCCSCc1ccc(Cl)cc1)c1ccccc1Br. The first-order valence-electron chi connectivity index (χ1n) is 8.08. The molecule has 0 unspecified atom stereocenters. The van der Waals surface area contributed by atoms with Gasteiger partial charge in [0, 0.05) is 27.5 Å². The van der Waals surface area contributed by atoms with Crippen LogP contribution in [0, 0.1) is 0 Å². The van der Waals surface area contributed by atoms with E-state index in [1.165, 1.54) is 0 Å². The van der Waals surface area contributed by atoms with Crippen LogP contribution in [0.1, 0.15) is 5.56 Å². The van der Waals surface area contributed by atoms with Crippen LogP contribution in [0.15, 0.2) is 53.0 Å². The highest BCUT2D eigenvalue weighted by atomic mass is 79.9. The first kappa shape index (κ1) is 22.1. The number of sulfonamides is 1. The van der Waals surface area contributed by atoms with Crippen LogP contribution in [0.4, 0.5) is 5.69 Å². The molecule has 0 fully saturated rings. The van der Waals surface area contributed by atoms with E-state index in [-0.39, 0.29) is 12.5 Å². The van der Waals surface area contributed by atoms with Crippen LogP contribution in [0.25, 0.3) is 0 Å². The molecule has 1 N–H and O–H groups in total. The van der Waals surface area contributed by atoms with E-state index in [1.54, 1.807) is 36.0 Å². The lowest BCUT2D eigenvalue weighted by molar-refractivity contribution is -0.119. The van der Waals surface area contributed by atoms with Crippen LogP contribution in [-0.2, 0) is 20.6 Å². The highest BCUT2D eigenvalue weighted by molar-refractivity contribution is 9.10. The van der Waals surface area contributed by atoms with E-state index in [2.05, 4.69) is 21.2 Å². The second-order valence-corrected chi connectivity index (χ2v) is 10.1. The number of halogens is 2. The van der Waals surface area contributed by atoms with Gasteiger partial charge in [-0.3, -0.25) is 9.10 Å². The average molecular weight is 492 g/mol. The molecule has 0 spiro atoms. The van der Waals surface area contributed by atoms with Gasteiger partial charge >= 0.3 is 0 Å². The normalized spacial score (nSPS) is 11.2. The lowest BCUT2D eigenvalue weighted by atomic mass is 10.2. The second-order valence-electron chi connectivity index (χ2n) is 5.75. The molecule has 146 valence electrons. The summed E-state index contributed by atoms with van der Waals surface area (Å²) in [6.45, 7) is 0.202. The van der Waals surface area contributed by atoms with Crippen LogP contribution in [-0.4, -0.2) is 39.4 Å². The van der Waals surface area contributed by atoms with E-state index < -0.39 is 10.0 Å². The predicted octanol–water partition coefficient (Wildman–Crippen LogP) is 3.92. The van der Waals surface area contributed by atoms with Gasteiger partial charge in [0.25, 0.3) is 0 Å². The van der Waals surface area contributed by atoms with Gasteiger partial charge < -0.3 is 5.32 Å². The summed E-state index contributed by atoms with van der Waals surface area (Å²) in [4.78, 5) is 12.2. The zero-order valence-electron chi connectivity index (χ0n) is 14.7. The molecule has 0 aromatic heterocycles. The maximum Gasteiger partial charge on any atom is 0.240 e. The number of nitrogens with zero attached hydrogens (tertiary/aromatic N) is 1.